The van der Waals surface area contributed by atoms with Crippen LogP contribution in [0.3, 0.4) is 0 Å². The number of aryl methyl sites for hydroxylation is 1. The molecule has 2 aromatic rings. The van der Waals surface area contributed by atoms with Gasteiger partial charge < -0.3 is 10.1 Å². The number of halogens is 3. The molecule has 2 aromatic carbocycles. The Labute approximate surface area is 154 Å². The zero-order valence-electron chi connectivity index (χ0n) is 14.2. The number of ether oxygens (including phenoxy) is 1. The van der Waals surface area contributed by atoms with E-state index in [1.165, 1.54) is 18.2 Å². The van der Waals surface area contributed by atoms with Crippen LogP contribution in [0.1, 0.15) is 18.1 Å². The molecule has 0 atom stereocenters. The van der Waals surface area contributed by atoms with E-state index in [9.17, 15) is 26.4 Å². The minimum absolute atomic E-state index is 0.0877. The number of carbonyl (C=O) groups excluding carboxylic acids is 1. The minimum Gasteiger partial charge on any atom is -0.484 e. The maximum Gasteiger partial charge on any atom is 0.416 e. The lowest BCUT2D eigenvalue weighted by Crippen LogP contribution is -2.21. The van der Waals surface area contributed by atoms with Crippen molar-refractivity contribution in [1.29, 1.82) is 0 Å². The van der Waals surface area contributed by atoms with Crippen LogP contribution in [0.2, 0.25) is 0 Å². The van der Waals surface area contributed by atoms with Crippen molar-refractivity contribution in [3.63, 3.8) is 0 Å². The number of nitrogens with one attached hydrogen (secondary N) is 1. The van der Waals surface area contributed by atoms with Gasteiger partial charge in [0.2, 0.25) is 10.0 Å². The standard InChI is InChI=1S/C17H17F3N2O4S/c1-2-11-3-6-13(9-15(11)27(21,24)25)22-16(23)10-26-14-7-4-12(5-8-14)17(18,19)20/h3-9H,2,10H2,1H3,(H,22,23)(H2,21,24,25). The van der Waals surface area contributed by atoms with Gasteiger partial charge >= 0.3 is 6.18 Å². The Morgan fingerprint density at radius 3 is 2.30 bits per heavy atom. The van der Waals surface area contributed by atoms with E-state index in [0.29, 0.717) is 12.0 Å². The quantitative estimate of drug-likeness (QED) is 0.776. The van der Waals surface area contributed by atoms with Crippen molar-refractivity contribution in [3.8, 4) is 5.75 Å². The van der Waals surface area contributed by atoms with Crippen molar-refractivity contribution in [2.45, 2.75) is 24.4 Å². The van der Waals surface area contributed by atoms with Crippen molar-refractivity contribution in [3.05, 3.63) is 53.6 Å². The number of alkyl halides is 3. The molecule has 2 rings (SSSR count). The Bertz CT molecular complexity index is 926. The van der Waals surface area contributed by atoms with Crippen molar-refractivity contribution < 1.29 is 31.1 Å². The predicted molar refractivity (Wildman–Crippen MR) is 92.8 cm³/mol. The molecule has 0 fully saturated rings. The zero-order chi connectivity index (χ0) is 20.2. The molecule has 10 heteroatoms. The van der Waals surface area contributed by atoms with E-state index < -0.39 is 34.3 Å². The molecule has 0 bridgehead atoms. The second-order valence-electron chi connectivity index (χ2n) is 5.58. The summed E-state index contributed by atoms with van der Waals surface area (Å²) in [6.07, 6.45) is -4.02. The summed E-state index contributed by atoms with van der Waals surface area (Å²) in [5.74, 6) is -0.524. The molecule has 0 saturated carbocycles. The fourth-order valence-electron chi connectivity index (χ4n) is 2.28. The monoisotopic (exact) mass is 402 g/mol. The summed E-state index contributed by atoms with van der Waals surface area (Å²) in [6.45, 7) is 1.30. The van der Waals surface area contributed by atoms with Gasteiger partial charge in [-0.3, -0.25) is 4.79 Å². The lowest BCUT2D eigenvalue weighted by atomic mass is 10.1. The SMILES string of the molecule is CCc1ccc(NC(=O)COc2ccc(C(F)(F)F)cc2)cc1S(N)(=O)=O. The van der Waals surface area contributed by atoms with E-state index in [-0.39, 0.29) is 16.3 Å². The van der Waals surface area contributed by atoms with Gasteiger partial charge in [-0.2, -0.15) is 13.2 Å². The van der Waals surface area contributed by atoms with Gasteiger partial charge in [0, 0.05) is 5.69 Å². The first kappa shape index (κ1) is 20.7. The third-order valence-corrected chi connectivity index (χ3v) is 4.58. The summed E-state index contributed by atoms with van der Waals surface area (Å²) in [4.78, 5) is 11.8. The van der Waals surface area contributed by atoms with Crippen LogP contribution in [0.15, 0.2) is 47.4 Å². The fourth-order valence-corrected chi connectivity index (χ4v) is 3.14. The van der Waals surface area contributed by atoms with Gasteiger partial charge in [-0.15, -0.1) is 0 Å². The third-order valence-electron chi connectivity index (χ3n) is 3.59. The molecule has 0 aromatic heterocycles. The van der Waals surface area contributed by atoms with Crippen molar-refractivity contribution in [2.24, 2.45) is 5.14 Å². The number of sulfonamides is 1. The molecule has 0 aliphatic rings. The Balaban J connectivity index is 2.02. The highest BCUT2D eigenvalue weighted by Crippen LogP contribution is 2.30. The summed E-state index contributed by atoms with van der Waals surface area (Å²) < 4.78 is 65.8. The number of primary sulfonamides is 1. The maximum atomic E-state index is 12.5. The summed E-state index contributed by atoms with van der Waals surface area (Å²) in [5, 5.41) is 7.61. The Kier molecular flexibility index (Phi) is 6.11. The van der Waals surface area contributed by atoms with Crippen molar-refractivity contribution >= 4 is 21.6 Å². The zero-order valence-corrected chi connectivity index (χ0v) is 15.0. The fraction of sp³-hybridized carbons (Fsp3) is 0.235. The van der Waals surface area contributed by atoms with Gasteiger partial charge in [0.15, 0.2) is 6.61 Å². The smallest absolute Gasteiger partial charge is 0.416 e. The summed E-state index contributed by atoms with van der Waals surface area (Å²) in [6, 6.07) is 8.18. The molecule has 3 N–H and O–H groups in total. The molecule has 27 heavy (non-hydrogen) atoms. The van der Waals surface area contributed by atoms with E-state index >= 15 is 0 Å². The van der Waals surface area contributed by atoms with Crippen molar-refractivity contribution in [1.82, 2.24) is 0 Å². The first-order valence-electron chi connectivity index (χ1n) is 7.76. The van der Waals surface area contributed by atoms with Crippen LogP contribution in [0, 0.1) is 0 Å². The second-order valence-corrected chi connectivity index (χ2v) is 7.11. The molecule has 0 spiro atoms. The average Bonchev–Trinajstić information content (AvgIpc) is 2.59. The topological polar surface area (TPSA) is 98.5 Å². The van der Waals surface area contributed by atoms with Crippen LogP contribution in [-0.2, 0) is 27.4 Å². The molecule has 1 amide bonds. The number of carbonyl (C=O) groups is 1. The Morgan fingerprint density at radius 2 is 1.78 bits per heavy atom. The number of rotatable bonds is 6. The summed E-state index contributed by atoms with van der Waals surface area (Å²) >= 11 is 0. The van der Waals surface area contributed by atoms with E-state index in [4.69, 9.17) is 9.88 Å². The molecule has 0 saturated heterocycles. The normalized spacial score (nSPS) is 11.9. The average molecular weight is 402 g/mol. The van der Waals surface area contributed by atoms with Crippen LogP contribution >= 0.6 is 0 Å². The number of amides is 1. The summed E-state index contributed by atoms with van der Waals surface area (Å²) in [7, 11) is -3.95. The Hall–Kier alpha value is -2.59. The van der Waals surface area contributed by atoms with Gasteiger partial charge in [-0.05, 0) is 48.4 Å². The summed E-state index contributed by atoms with van der Waals surface area (Å²) in [5.41, 5.74) is -0.111. The van der Waals surface area contributed by atoms with Gasteiger partial charge in [-0.1, -0.05) is 13.0 Å². The maximum absolute atomic E-state index is 12.5. The van der Waals surface area contributed by atoms with Crippen LogP contribution in [-0.4, -0.2) is 20.9 Å². The molecule has 6 nitrogen and oxygen atoms in total. The van der Waals surface area contributed by atoms with Gasteiger partial charge in [-0.25, -0.2) is 13.6 Å². The third kappa shape index (κ3) is 5.69. The van der Waals surface area contributed by atoms with E-state index in [0.717, 1.165) is 24.3 Å². The van der Waals surface area contributed by atoms with E-state index in [1.807, 2.05) is 0 Å². The van der Waals surface area contributed by atoms with E-state index in [1.54, 1.807) is 6.92 Å². The molecule has 0 aliphatic heterocycles. The minimum atomic E-state index is -4.46. The van der Waals surface area contributed by atoms with Gasteiger partial charge in [0.05, 0.1) is 10.5 Å². The highest BCUT2D eigenvalue weighted by atomic mass is 32.2. The van der Waals surface area contributed by atoms with Crippen LogP contribution in [0.4, 0.5) is 18.9 Å². The largest absolute Gasteiger partial charge is 0.484 e. The highest BCUT2D eigenvalue weighted by molar-refractivity contribution is 7.89. The van der Waals surface area contributed by atoms with Gasteiger partial charge in [0.25, 0.3) is 5.91 Å². The molecule has 0 unspecified atom stereocenters. The molecule has 146 valence electrons. The number of hydrogen-bond acceptors (Lipinski definition) is 4. The second kappa shape index (κ2) is 7.97. The highest BCUT2D eigenvalue weighted by Gasteiger charge is 2.30. The Morgan fingerprint density at radius 1 is 1.15 bits per heavy atom. The molecule has 0 aliphatic carbocycles. The molecule has 0 heterocycles. The van der Waals surface area contributed by atoms with Crippen LogP contribution < -0.4 is 15.2 Å². The number of benzene rings is 2. The first-order valence-corrected chi connectivity index (χ1v) is 9.31. The molecular formula is C17H17F3N2O4S. The first-order chi connectivity index (χ1) is 12.5. The number of hydrogen-bond donors (Lipinski definition) is 2. The number of anilines is 1. The lowest BCUT2D eigenvalue weighted by molar-refractivity contribution is -0.137. The van der Waals surface area contributed by atoms with Crippen LogP contribution in [0.25, 0.3) is 0 Å². The number of nitrogens with two attached hydrogens (primary N) is 1. The molecule has 0 radical (unpaired) electrons. The lowest BCUT2D eigenvalue weighted by Gasteiger charge is -2.11. The van der Waals surface area contributed by atoms with Gasteiger partial charge in [0.1, 0.15) is 5.75 Å². The van der Waals surface area contributed by atoms with Crippen molar-refractivity contribution in [2.75, 3.05) is 11.9 Å². The predicted octanol–water partition coefficient (Wildman–Crippen LogP) is 2.93. The molecular weight excluding hydrogens is 385 g/mol. The van der Waals surface area contributed by atoms with Crippen LogP contribution in [0.5, 0.6) is 5.75 Å². The van der Waals surface area contributed by atoms with E-state index in [2.05, 4.69) is 5.32 Å².